The van der Waals surface area contributed by atoms with Crippen LogP contribution in [0.25, 0.3) is 11.1 Å². The van der Waals surface area contributed by atoms with E-state index in [0.29, 0.717) is 0 Å². The molecule has 36 heavy (non-hydrogen) atoms. The average Bonchev–Trinajstić information content (AvgIpc) is 3.08. The Morgan fingerprint density at radius 3 is 2.28 bits per heavy atom. The number of aromatic hydroxyl groups is 1. The number of anilines is 1. The molecule has 2 aliphatic rings. The van der Waals surface area contributed by atoms with Crippen LogP contribution in [-0.4, -0.2) is 31.1 Å². The Morgan fingerprint density at radius 2 is 1.61 bits per heavy atom. The van der Waals surface area contributed by atoms with E-state index in [4.69, 9.17) is 0 Å². The summed E-state index contributed by atoms with van der Waals surface area (Å²) < 4.78 is 29.8. The molecule has 1 heterocycles. The summed E-state index contributed by atoms with van der Waals surface area (Å²) in [7, 11) is 0. The van der Waals surface area contributed by atoms with E-state index < -0.39 is 6.61 Å². The number of rotatable bonds is 6. The van der Waals surface area contributed by atoms with Crippen molar-refractivity contribution in [3.63, 3.8) is 0 Å². The molecule has 186 valence electrons. The van der Waals surface area contributed by atoms with Gasteiger partial charge in [0.05, 0.1) is 0 Å². The summed E-state index contributed by atoms with van der Waals surface area (Å²) in [5.74, 6) is 0.543. The average molecular weight is 490 g/mol. The van der Waals surface area contributed by atoms with Gasteiger partial charge in [-0.2, -0.15) is 8.78 Å². The minimum absolute atomic E-state index is 0.137. The molecular formula is C30H29F2NO3. The Morgan fingerprint density at radius 1 is 0.917 bits per heavy atom. The van der Waals surface area contributed by atoms with Crippen LogP contribution < -0.4 is 9.64 Å². The number of carbonyl (C=O) groups excluding carboxylic acids is 1. The van der Waals surface area contributed by atoms with Gasteiger partial charge in [-0.1, -0.05) is 30.3 Å². The van der Waals surface area contributed by atoms with Crippen molar-refractivity contribution >= 4 is 23.1 Å². The Bertz CT molecular complexity index is 1240. The van der Waals surface area contributed by atoms with Crippen LogP contribution in [0.5, 0.6) is 11.5 Å². The third kappa shape index (κ3) is 5.13. The molecule has 6 heteroatoms. The Labute approximate surface area is 209 Å². The Balaban J connectivity index is 1.55. The van der Waals surface area contributed by atoms with Crippen molar-refractivity contribution in [2.45, 2.75) is 38.7 Å². The van der Waals surface area contributed by atoms with Crippen molar-refractivity contribution in [3.05, 3.63) is 89.0 Å². The van der Waals surface area contributed by atoms with Crippen LogP contribution in [0.2, 0.25) is 0 Å². The Kier molecular flexibility index (Phi) is 7.03. The molecule has 3 aromatic rings. The molecule has 0 radical (unpaired) electrons. The fraction of sp³-hybridized carbons (Fsp3) is 0.300. The van der Waals surface area contributed by atoms with Crippen LogP contribution in [0.4, 0.5) is 14.5 Å². The number of fused-ring (bicyclic) bond motifs is 1. The van der Waals surface area contributed by atoms with E-state index in [1.54, 1.807) is 18.2 Å². The third-order valence-corrected chi connectivity index (χ3v) is 7.21. The number of hydrogen-bond donors (Lipinski definition) is 1. The van der Waals surface area contributed by atoms with Gasteiger partial charge in [0.15, 0.2) is 0 Å². The zero-order valence-corrected chi connectivity index (χ0v) is 20.0. The van der Waals surface area contributed by atoms with Crippen LogP contribution >= 0.6 is 0 Å². The van der Waals surface area contributed by atoms with Crippen LogP contribution in [0.1, 0.15) is 47.9 Å². The summed E-state index contributed by atoms with van der Waals surface area (Å²) in [5.41, 5.74) is 7.58. The van der Waals surface area contributed by atoms with Gasteiger partial charge in [0.2, 0.25) is 0 Å². The molecule has 5 rings (SSSR count). The molecule has 4 nitrogen and oxygen atoms in total. The molecule has 3 aromatic carbocycles. The fourth-order valence-corrected chi connectivity index (χ4v) is 5.36. The number of phenols is 1. The molecule has 0 atom stereocenters. The second-order valence-electron chi connectivity index (χ2n) is 9.46. The standard InChI is InChI=1S/C30H29F2NO3/c31-30(32)36-26-11-6-21(7-12-26)27-3-1-2-23-18-25(35)10-13-28(23)29(27)22-4-8-24(9-5-22)33-16-14-20(19-34)15-17-33/h4-13,18-20,30,35H,1-3,14-17H2. The first-order valence-electron chi connectivity index (χ1n) is 12.4. The van der Waals surface area contributed by atoms with Gasteiger partial charge in [-0.05, 0) is 102 Å². The predicted molar refractivity (Wildman–Crippen MR) is 137 cm³/mol. The summed E-state index contributed by atoms with van der Waals surface area (Å²) in [6.07, 6.45) is 5.40. The number of phenolic OH excluding ortho intramolecular Hbond substituents is 1. The fourth-order valence-electron chi connectivity index (χ4n) is 5.36. The third-order valence-electron chi connectivity index (χ3n) is 7.21. The highest BCUT2D eigenvalue weighted by molar-refractivity contribution is 6.00. The number of alkyl halides is 2. The molecular weight excluding hydrogens is 460 g/mol. The maximum absolute atomic E-state index is 12.6. The van der Waals surface area contributed by atoms with E-state index in [1.165, 1.54) is 0 Å². The molecule has 1 fully saturated rings. The van der Waals surface area contributed by atoms with Crippen molar-refractivity contribution < 1.29 is 23.4 Å². The molecule has 1 N–H and O–H groups in total. The van der Waals surface area contributed by atoms with Gasteiger partial charge < -0.3 is 19.5 Å². The molecule has 0 spiro atoms. The lowest BCUT2D eigenvalue weighted by atomic mass is 9.87. The highest BCUT2D eigenvalue weighted by atomic mass is 19.3. The number of carbonyl (C=O) groups is 1. The summed E-state index contributed by atoms with van der Waals surface area (Å²) >= 11 is 0. The first-order valence-corrected chi connectivity index (χ1v) is 12.4. The summed E-state index contributed by atoms with van der Waals surface area (Å²) in [6.45, 7) is -1.12. The monoisotopic (exact) mass is 489 g/mol. The SMILES string of the molecule is O=CC1CCN(c2ccc(C3=C(c4ccc(OC(F)F)cc4)CCCc4cc(O)ccc43)cc2)CC1. The molecule has 1 aliphatic heterocycles. The van der Waals surface area contributed by atoms with Gasteiger partial charge in [0.1, 0.15) is 17.8 Å². The maximum Gasteiger partial charge on any atom is 0.387 e. The number of halogens is 2. The van der Waals surface area contributed by atoms with E-state index >= 15 is 0 Å². The van der Waals surface area contributed by atoms with Crippen LogP contribution in [0, 0.1) is 5.92 Å². The normalized spacial score (nSPS) is 16.6. The van der Waals surface area contributed by atoms with Gasteiger partial charge in [0.25, 0.3) is 0 Å². The first-order chi connectivity index (χ1) is 17.5. The molecule has 1 saturated heterocycles. The van der Waals surface area contributed by atoms with Crippen molar-refractivity contribution in [1.82, 2.24) is 0 Å². The number of ether oxygens (including phenoxy) is 1. The van der Waals surface area contributed by atoms with Gasteiger partial charge in [-0.25, -0.2) is 0 Å². The predicted octanol–water partition coefficient (Wildman–Crippen LogP) is 6.70. The molecule has 0 aromatic heterocycles. The number of piperidine rings is 1. The topological polar surface area (TPSA) is 49.8 Å². The minimum atomic E-state index is -2.86. The second-order valence-corrected chi connectivity index (χ2v) is 9.46. The van der Waals surface area contributed by atoms with Crippen molar-refractivity contribution in [1.29, 1.82) is 0 Å². The summed E-state index contributed by atoms with van der Waals surface area (Å²) in [4.78, 5) is 13.4. The lowest BCUT2D eigenvalue weighted by molar-refractivity contribution is -0.111. The number of aryl methyl sites for hydroxylation is 1. The van der Waals surface area contributed by atoms with Crippen LogP contribution in [0.15, 0.2) is 66.7 Å². The Hall–Kier alpha value is -3.67. The lowest BCUT2D eigenvalue weighted by Gasteiger charge is -2.31. The van der Waals surface area contributed by atoms with E-state index in [0.717, 1.165) is 90.6 Å². The highest BCUT2D eigenvalue weighted by Gasteiger charge is 2.22. The molecule has 0 unspecified atom stereocenters. The number of nitrogens with zero attached hydrogens (tertiary/aromatic N) is 1. The van der Waals surface area contributed by atoms with Gasteiger partial charge in [-0.15, -0.1) is 0 Å². The lowest BCUT2D eigenvalue weighted by Crippen LogP contribution is -2.34. The zero-order valence-electron chi connectivity index (χ0n) is 20.0. The number of benzene rings is 3. The smallest absolute Gasteiger partial charge is 0.387 e. The summed E-state index contributed by atoms with van der Waals surface area (Å²) in [5, 5.41) is 10.1. The number of allylic oxidation sites excluding steroid dienone is 1. The van der Waals surface area contributed by atoms with Gasteiger partial charge in [0, 0.05) is 24.7 Å². The minimum Gasteiger partial charge on any atom is -0.508 e. The molecule has 1 aliphatic carbocycles. The number of hydrogen-bond acceptors (Lipinski definition) is 4. The highest BCUT2D eigenvalue weighted by Crippen LogP contribution is 2.41. The largest absolute Gasteiger partial charge is 0.508 e. The van der Waals surface area contributed by atoms with E-state index in [9.17, 15) is 18.7 Å². The molecule has 0 saturated carbocycles. The quantitative estimate of drug-likeness (QED) is 0.391. The van der Waals surface area contributed by atoms with E-state index in [2.05, 4.69) is 33.9 Å². The first kappa shape index (κ1) is 24.0. The van der Waals surface area contributed by atoms with Crippen LogP contribution in [-0.2, 0) is 11.2 Å². The van der Waals surface area contributed by atoms with Crippen molar-refractivity contribution in [2.24, 2.45) is 5.92 Å². The zero-order chi connectivity index (χ0) is 25.1. The van der Waals surface area contributed by atoms with E-state index in [1.807, 2.05) is 24.3 Å². The number of aldehydes is 1. The summed E-state index contributed by atoms with van der Waals surface area (Å²) in [6, 6.07) is 20.9. The van der Waals surface area contributed by atoms with E-state index in [-0.39, 0.29) is 17.4 Å². The second kappa shape index (κ2) is 10.5. The van der Waals surface area contributed by atoms with Crippen molar-refractivity contribution in [3.8, 4) is 11.5 Å². The maximum atomic E-state index is 12.6. The molecule has 0 bridgehead atoms. The van der Waals surface area contributed by atoms with Crippen molar-refractivity contribution in [2.75, 3.05) is 18.0 Å². The van der Waals surface area contributed by atoms with Gasteiger partial charge >= 0.3 is 6.61 Å². The van der Waals surface area contributed by atoms with Gasteiger partial charge in [-0.3, -0.25) is 0 Å². The molecule has 0 amide bonds. The van der Waals surface area contributed by atoms with Crippen LogP contribution in [0.3, 0.4) is 0 Å².